The molecule has 1 aromatic heterocycles. The summed E-state index contributed by atoms with van der Waals surface area (Å²) in [6.45, 7) is 1.07. The average molecular weight is 201 g/mol. The molecule has 0 radical (unpaired) electrons. The van der Waals surface area contributed by atoms with Crippen LogP contribution in [0.4, 0.5) is 20.2 Å². The van der Waals surface area contributed by atoms with Gasteiger partial charge >= 0.3 is 0 Å². The van der Waals surface area contributed by atoms with E-state index in [1.54, 1.807) is 12.3 Å². The Kier molecular flexibility index (Phi) is 3.22. The zero-order valence-electron chi connectivity index (χ0n) is 7.93. The lowest BCUT2D eigenvalue weighted by molar-refractivity contribution is 0.0167. The summed E-state index contributed by atoms with van der Waals surface area (Å²) in [7, 11) is 0. The Morgan fingerprint density at radius 1 is 1.57 bits per heavy atom. The lowest BCUT2D eigenvalue weighted by Crippen LogP contribution is -2.16. The number of aromatic nitrogens is 1. The van der Waals surface area contributed by atoms with Crippen LogP contribution in [0.1, 0.15) is 13.3 Å². The van der Waals surface area contributed by atoms with E-state index < -0.39 is 5.92 Å². The quantitative estimate of drug-likeness (QED) is 0.784. The molecule has 0 saturated carbocycles. The van der Waals surface area contributed by atoms with Crippen molar-refractivity contribution in [2.45, 2.75) is 19.3 Å². The predicted molar refractivity (Wildman–Crippen MR) is 52.4 cm³/mol. The van der Waals surface area contributed by atoms with Crippen LogP contribution < -0.4 is 11.1 Å². The number of halogens is 2. The van der Waals surface area contributed by atoms with Gasteiger partial charge in [0.15, 0.2) is 0 Å². The standard InChI is InChI=1S/C9H13F2N3/c1-9(10,11)3-5-14-8-6-13-4-2-7(8)12/h2,4,6,14H,3,5H2,1H3,(H2,12,13). The Morgan fingerprint density at radius 3 is 2.86 bits per heavy atom. The third-order valence-corrected chi connectivity index (χ3v) is 1.73. The number of anilines is 2. The van der Waals surface area contributed by atoms with Crippen molar-refractivity contribution >= 4 is 11.4 Å². The molecule has 3 N–H and O–H groups in total. The van der Waals surface area contributed by atoms with Crippen LogP contribution in [-0.2, 0) is 0 Å². The number of alkyl halides is 2. The fourth-order valence-corrected chi connectivity index (χ4v) is 0.970. The highest BCUT2D eigenvalue weighted by molar-refractivity contribution is 5.63. The van der Waals surface area contributed by atoms with Crippen molar-refractivity contribution in [3.05, 3.63) is 18.5 Å². The maximum absolute atomic E-state index is 12.4. The number of rotatable bonds is 4. The molecule has 0 amide bonds. The highest BCUT2D eigenvalue weighted by Gasteiger charge is 2.19. The molecule has 0 aliphatic carbocycles. The summed E-state index contributed by atoms with van der Waals surface area (Å²) in [5, 5.41) is 2.80. The Labute approximate surface area is 81.3 Å². The molecule has 0 atom stereocenters. The zero-order chi connectivity index (χ0) is 10.6. The number of pyridine rings is 1. The minimum absolute atomic E-state index is 0.180. The minimum atomic E-state index is -2.65. The van der Waals surface area contributed by atoms with Crippen molar-refractivity contribution in [3.8, 4) is 0 Å². The van der Waals surface area contributed by atoms with Gasteiger partial charge in [0.05, 0.1) is 17.6 Å². The van der Waals surface area contributed by atoms with Gasteiger partial charge in [-0.1, -0.05) is 0 Å². The molecular formula is C9H13F2N3. The number of nitrogens with two attached hydrogens (primary N) is 1. The van der Waals surface area contributed by atoms with Crippen molar-refractivity contribution in [3.63, 3.8) is 0 Å². The van der Waals surface area contributed by atoms with E-state index in [2.05, 4.69) is 10.3 Å². The summed E-state index contributed by atoms with van der Waals surface area (Å²) in [6, 6.07) is 1.62. The molecule has 0 aliphatic rings. The first-order valence-corrected chi connectivity index (χ1v) is 4.30. The van der Waals surface area contributed by atoms with E-state index in [-0.39, 0.29) is 13.0 Å². The molecule has 0 bridgehead atoms. The summed E-state index contributed by atoms with van der Waals surface area (Å²) < 4.78 is 24.9. The van der Waals surface area contributed by atoms with Gasteiger partial charge in [0.25, 0.3) is 0 Å². The van der Waals surface area contributed by atoms with Crippen molar-refractivity contribution in [1.82, 2.24) is 4.98 Å². The molecule has 5 heteroatoms. The summed E-state index contributed by atoms with van der Waals surface area (Å²) in [5.74, 6) is -2.65. The molecular weight excluding hydrogens is 188 g/mol. The maximum atomic E-state index is 12.4. The molecule has 78 valence electrons. The second-order valence-corrected chi connectivity index (χ2v) is 3.21. The largest absolute Gasteiger partial charge is 0.397 e. The number of nitrogen functional groups attached to an aromatic ring is 1. The van der Waals surface area contributed by atoms with Crippen molar-refractivity contribution in [2.24, 2.45) is 0 Å². The van der Waals surface area contributed by atoms with Gasteiger partial charge in [-0.05, 0) is 13.0 Å². The molecule has 14 heavy (non-hydrogen) atoms. The van der Waals surface area contributed by atoms with Gasteiger partial charge in [-0.15, -0.1) is 0 Å². The third-order valence-electron chi connectivity index (χ3n) is 1.73. The maximum Gasteiger partial charge on any atom is 0.247 e. The van der Waals surface area contributed by atoms with Crippen molar-refractivity contribution in [2.75, 3.05) is 17.6 Å². The molecule has 0 spiro atoms. The fraction of sp³-hybridized carbons (Fsp3) is 0.444. The molecule has 0 aromatic carbocycles. The highest BCUT2D eigenvalue weighted by atomic mass is 19.3. The highest BCUT2D eigenvalue weighted by Crippen LogP contribution is 2.19. The summed E-state index contributed by atoms with van der Waals surface area (Å²) in [5.41, 5.74) is 6.69. The van der Waals surface area contributed by atoms with Crippen LogP contribution in [0.2, 0.25) is 0 Å². The number of nitrogens with one attached hydrogen (secondary N) is 1. The van der Waals surface area contributed by atoms with E-state index in [1.165, 1.54) is 6.20 Å². The van der Waals surface area contributed by atoms with Crippen molar-refractivity contribution in [1.29, 1.82) is 0 Å². The van der Waals surface area contributed by atoms with Gasteiger partial charge < -0.3 is 11.1 Å². The van der Waals surface area contributed by atoms with E-state index >= 15 is 0 Å². The first kappa shape index (κ1) is 10.7. The van der Waals surface area contributed by atoms with Gasteiger partial charge in [-0.2, -0.15) is 0 Å². The second kappa shape index (κ2) is 4.21. The van der Waals surface area contributed by atoms with E-state index in [0.29, 0.717) is 11.4 Å². The van der Waals surface area contributed by atoms with E-state index in [9.17, 15) is 8.78 Å². The number of nitrogens with zero attached hydrogens (tertiary/aromatic N) is 1. The van der Waals surface area contributed by atoms with Crippen LogP contribution in [0.15, 0.2) is 18.5 Å². The Bertz CT molecular complexity index is 296. The summed E-state index contributed by atoms with van der Waals surface area (Å²) >= 11 is 0. The molecule has 3 nitrogen and oxygen atoms in total. The average Bonchev–Trinajstić information content (AvgIpc) is 2.06. The predicted octanol–water partition coefficient (Wildman–Crippen LogP) is 2.12. The van der Waals surface area contributed by atoms with Gasteiger partial charge in [0.1, 0.15) is 0 Å². The van der Waals surface area contributed by atoms with E-state index in [1.807, 2.05) is 0 Å². The first-order valence-electron chi connectivity index (χ1n) is 4.30. The topological polar surface area (TPSA) is 50.9 Å². The SMILES string of the molecule is CC(F)(F)CCNc1cnccc1N. The summed E-state index contributed by atoms with van der Waals surface area (Å²) in [4.78, 5) is 3.83. The van der Waals surface area contributed by atoms with Crippen LogP contribution in [0.25, 0.3) is 0 Å². The second-order valence-electron chi connectivity index (χ2n) is 3.21. The monoisotopic (exact) mass is 201 g/mol. The number of hydrogen-bond acceptors (Lipinski definition) is 3. The molecule has 1 rings (SSSR count). The molecule has 0 unspecified atom stereocenters. The molecule has 0 saturated heterocycles. The van der Waals surface area contributed by atoms with E-state index in [0.717, 1.165) is 6.92 Å². The van der Waals surface area contributed by atoms with Crippen LogP contribution >= 0.6 is 0 Å². The zero-order valence-corrected chi connectivity index (χ0v) is 7.93. The Balaban J connectivity index is 2.43. The van der Waals surface area contributed by atoms with E-state index in [4.69, 9.17) is 5.73 Å². The van der Waals surface area contributed by atoms with Gasteiger partial charge in [0, 0.05) is 19.2 Å². The van der Waals surface area contributed by atoms with Gasteiger partial charge in [0.2, 0.25) is 5.92 Å². The third kappa shape index (κ3) is 3.55. The molecule has 0 aliphatic heterocycles. The van der Waals surface area contributed by atoms with Gasteiger partial charge in [-0.25, -0.2) is 8.78 Å². The Morgan fingerprint density at radius 2 is 2.29 bits per heavy atom. The summed E-state index contributed by atoms with van der Waals surface area (Å²) in [6.07, 6.45) is 2.85. The Hall–Kier alpha value is -1.39. The molecule has 0 fully saturated rings. The van der Waals surface area contributed by atoms with Crippen LogP contribution in [-0.4, -0.2) is 17.5 Å². The molecule has 1 aromatic rings. The first-order chi connectivity index (χ1) is 6.49. The number of hydrogen-bond donors (Lipinski definition) is 2. The van der Waals surface area contributed by atoms with Crippen LogP contribution in [0.3, 0.4) is 0 Å². The van der Waals surface area contributed by atoms with Crippen LogP contribution in [0.5, 0.6) is 0 Å². The smallest absolute Gasteiger partial charge is 0.247 e. The molecule has 1 heterocycles. The lowest BCUT2D eigenvalue weighted by Gasteiger charge is -2.12. The van der Waals surface area contributed by atoms with Crippen molar-refractivity contribution < 1.29 is 8.78 Å². The lowest BCUT2D eigenvalue weighted by atomic mass is 10.2. The normalized spacial score (nSPS) is 11.4. The fourth-order valence-electron chi connectivity index (χ4n) is 0.970. The van der Waals surface area contributed by atoms with Gasteiger partial charge in [-0.3, -0.25) is 4.98 Å². The van der Waals surface area contributed by atoms with Crippen LogP contribution in [0, 0.1) is 0 Å². The minimum Gasteiger partial charge on any atom is -0.397 e.